The second kappa shape index (κ2) is 10.3. The first kappa shape index (κ1) is 20.4. The first-order valence-corrected chi connectivity index (χ1v) is 10.2. The molecule has 5 heteroatoms. The second-order valence-electron chi connectivity index (χ2n) is 6.72. The van der Waals surface area contributed by atoms with Gasteiger partial charge >= 0.3 is 6.09 Å². The summed E-state index contributed by atoms with van der Waals surface area (Å²) in [5.74, 6) is 0.114. The van der Waals surface area contributed by atoms with Crippen molar-refractivity contribution in [3.05, 3.63) is 52.7 Å². The highest BCUT2D eigenvalue weighted by Gasteiger charge is 2.22. The first-order valence-electron chi connectivity index (χ1n) is 9.36. The van der Waals surface area contributed by atoms with Crippen LogP contribution in [0.5, 0.6) is 0 Å². The van der Waals surface area contributed by atoms with Gasteiger partial charge in [-0.3, -0.25) is 4.90 Å². The Labute approximate surface area is 159 Å². The molecule has 1 amide bonds. The van der Waals surface area contributed by atoms with E-state index in [0.29, 0.717) is 18.9 Å². The summed E-state index contributed by atoms with van der Waals surface area (Å²) in [7, 11) is 0. The van der Waals surface area contributed by atoms with Gasteiger partial charge in [0.1, 0.15) is 10.8 Å². The molecule has 1 atom stereocenters. The van der Waals surface area contributed by atoms with E-state index < -0.39 is 6.09 Å². The van der Waals surface area contributed by atoms with Gasteiger partial charge in [-0.25, -0.2) is 9.18 Å². The summed E-state index contributed by atoms with van der Waals surface area (Å²) in [6.45, 7) is 4.84. The molecule has 3 nitrogen and oxygen atoms in total. The molecule has 26 heavy (non-hydrogen) atoms. The molecule has 1 aromatic heterocycles. The minimum absolute atomic E-state index is 0.260. The van der Waals surface area contributed by atoms with Crippen LogP contribution in [0.15, 0.2) is 35.7 Å². The van der Waals surface area contributed by atoms with E-state index in [4.69, 9.17) is 0 Å². The predicted molar refractivity (Wildman–Crippen MR) is 107 cm³/mol. The van der Waals surface area contributed by atoms with Crippen LogP contribution in [0.4, 0.5) is 14.2 Å². The number of unbranched alkanes of at least 4 members (excludes halogenated alkanes) is 2. The SMILES string of the molecule is CCCCCC(CC)CN(C(=O)O)c1sccc1Cc1ccc(F)cc1. The van der Waals surface area contributed by atoms with Crippen LogP contribution in [0.3, 0.4) is 0 Å². The van der Waals surface area contributed by atoms with E-state index >= 15 is 0 Å². The fourth-order valence-electron chi connectivity index (χ4n) is 3.13. The third-order valence-electron chi connectivity index (χ3n) is 4.74. The predicted octanol–water partition coefficient (Wildman–Crippen LogP) is 6.57. The van der Waals surface area contributed by atoms with E-state index in [1.54, 1.807) is 12.1 Å². The largest absolute Gasteiger partial charge is 0.465 e. The molecule has 0 saturated carbocycles. The number of benzene rings is 1. The van der Waals surface area contributed by atoms with Gasteiger partial charge in [-0.1, -0.05) is 51.7 Å². The normalized spacial score (nSPS) is 12.1. The van der Waals surface area contributed by atoms with Gasteiger partial charge < -0.3 is 5.11 Å². The summed E-state index contributed by atoms with van der Waals surface area (Å²) in [5.41, 5.74) is 1.96. The third kappa shape index (κ3) is 5.84. The van der Waals surface area contributed by atoms with Crippen LogP contribution in [-0.2, 0) is 6.42 Å². The summed E-state index contributed by atoms with van der Waals surface area (Å²) in [5, 5.41) is 12.5. The van der Waals surface area contributed by atoms with Crippen molar-refractivity contribution in [1.29, 1.82) is 0 Å². The topological polar surface area (TPSA) is 40.5 Å². The van der Waals surface area contributed by atoms with Gasteiger partial charge in [-0.05, 0) is 47.0 Å². The number of amides is 1. The molecule has 1 N–H and O–H groups in total. The van der Waals surface area contributed by atoms with Crippen LogP contribution in [0.2, 0.25) is 0 Å². The summed E-state index contributed by atoms with van der Waals surface area (Å²) in [6, 6.07) is 8.36. The van der Waals surface area contributed by atoms with Gasteiger partial charge in [0, 0.05) is 13.0 Å². The lowest BCUT2D eigenvalue weighted by molar-refractivity contribution is 0.200. The fraction of sp³-hybridized carbons (Fsp3) is 0.476. The lowest BCUT2D eigenvalue weighted by Crippen LogP contribution is -2.34. The number of anilines is 1. The minimum Gasteiger partial charge on any atom is -0.465 e. The average Bonchev–Trinajstić information content (AvgIpc) is 3.07. The van der Waals surface area contributed by atoms with Gasteiger partial charge in [-0.2, -0.15) is 0 Å². The number of rotatable bonds is 10. The molecule has 1 aromatic carbocycles. The Morgan fingerprint density at radius 2 is 1.92 bits per heavy atom. The molecule has 1 unspecified atom stereocenters. The molecule has 0 aliphatic carbocycles. The zero-order valence-corrected chi connectivity index (χ0v) is 16.4. The molecular weight excluding hydrogens is 349 g/mol. The van der Waals surface area contributed by atoms with Crippen molar-refractivity contribution in [2.24, 2.45) is 5.92 Å². The Morgan fingerprint density at radius 1 is 1.19 bits per heavy atom. The molecular formula is C21H28FNO2S. The van der Waals surface area contributed by atoms with Crippen molar-refractivity contribution < 1.29 is 14.3 Å². The Balaban J connectivity index is 2.13. The summed E-state index contributed by atoms with van der Waals surface area (Å²) in [6.07, 6.45) is 5.26. The zero-order chi connectivity index (χ0) is 18.9. The number of thiophene rings is 1. The molecule has 0 saturated heterocycles. The molecule has 142 valence electrons. The van der Waals surface area contributed by atoms with Gasteiger partial charge in [-0.15, -0.1) is 11.3 Å². The van der Waals surface area contributed by atoms with Gasteiger partial charge in [0.05, 0.1) is 0 Å². The van der Waals surface area contributed by atoms with Crippen LogP contribution < -0.4 is 4.90 Å². The van der Waals surface area contributed by atoms with Crippen molar-refractivity contribution in [3.63, 3.8) is 0 Å². The maximum absolute atomic E-state index is 13.1. The van der Waals surface area contributed by atoms with Crippen LogP contribution in [0.25, 0.3) is 0 Å². The maximum Gasteiger partial charge on any atom is 0.412 e. The van der Waals surface area contributed by atoms with Crippen molar-refractivity contribution in [2.45, 2.75) is 52.4 Å². The summed E-state index contributed by atoms with van der Waals surface area (Å²) >= 11 is 1.46. The number of halogens is 1. The molecule has 0 aliphatic rings. The molecule has 0 aliphatic heterocycles. The van der Waals surface area contributed by atoms with Gasteiger partial charge in [0.2, 0.25) is 0 Å². The second-order valence-corrected chi connectivity index (χ2v) is 7.61. The maximum atomic E-state index is 13.1. The van der Waals surface area contributed by atoms with E-state index in [-0.39, 0.29) is 5.82 Å². The summed E-state index contributed by atoms with van der Waals surface area (Å²) < 4.78 is 13.1. The Hall–Kier alpha value is -1.88. The van der Waals surface area contributed by atoms with Crippen LogP contribution in [0.1, 0.15) is 57.1 Å². The smallest absolute Gasteiger partial charge is 0.412 e. The van der Waals surface area contributed by atoms with E-state index in [0.717, 1.165) is 35.4 Å². The summed E-state index contributed by atoms with van der Waals surface area (Å²) in [4.78, 5) is 13.4. The molecule has 1 heterocycles. The van der Waals surface area contributed by atoms with E-state index in [1.807, 2.05) is 11.4 Å². The molecule has 0 radical (unpaired) electrons. The number of hydrogen-bond donors (Lipinski definition) is 1. The quantitative estimate of drug-likeness (QED) is 0.476. The number of carbonyl (C=O) groups is 1. The highest BCUT2D eigenvalue weighted by atomic mass is 32.1. The Morgan fingerprint density at radius 3 is 2.54 bits per heavy atom. The van der Waals surface area contributed by atoms with Crippen molar-refractivity contribution in [1.82, 2.24) is 0 Å². The number of carboxylic acid groups (broad SMARTS) is 1. The molecule has 0 bridgehead atoms. The van der Waals surface area contributed by atoms with Gasteiger partial charge in [0.25, 0.3) is 0 Å². The van der Waals surface area contributed by atoms with Crippen LogP contribution >= 0.6 is 11.3 Å². The number of nitrogens with zero attached hydrogens (tertiary/aromatic N) is 1. The Kier molecular flexibility index (Phi) is 8.10. The number of hydrogen-bond acceptors (Lipinski definition) is 2. The van der Waals surface area contributed by atoms with Crippen LogP contribution in [0, 0.1) is 11.7 Å². The molecule has 2 aromatic rings. The molecule has 2 rings (SSSR count). The van der Waals surface area contributed by atoms with Gasteiger partial charge in [0.15, 0.2) is 0 Å². The van der Waals surface area contributed by atoms with E-state index in [9.17, 15) is 14.3 Å². The highest BCUT2D eigenvalue weighted by Crippen LogP contribution is 2.31. The van der Waals surface area contributed by atoms with Crippen molar-refractivity contribution in [3.8, 4) is 0 Å². The Bertz CT molecular complexity index is 684. The standard InChI is InChI=1S/C21H28FNO2S/c1-3-5-6-7-16(4-2)15-23(21(24)25)20-18(12-13-26-20)14-17-8-10-19(22)11-9-17/h8-13,16H,3-7,14-15H2,1-2H3,(H,24,25). The fourth-order valence-corrected chi connectivity index (χ4v) is 4.07. The van der Waals surface area contributed by atoms with Crippen molar-refractivity contribution in [2.75, 3.05) is 11.4 Å². The molecule has 0 spiro atoms. The minimum atomic E-state index is -0.901. The highest BCUT2D eigenvalue weighted by molar-refractivity contribution is 7.14. The van der Waals surface area contributed by atoms with Crippen LogP contribution in [-0.4, -0.2) is 17.7 Å². The average molecular weight is 378 g/mol. The lowest BCUT2D eigenvalue weighted by atomic mass is 9.98. The zero-order valence-electron chi connectivity index (χ0n) is 15.6. The van der Waals surface area contributed by atoms with Crippen molar-refractivity contribution >= 4 is 22.4 Å². The first-order chi connectivity index (χ1) is 12.5. The van der Waals surface area contributed by atoms with E-state index in [2.05, 4.69) is 13.8 Å². The monoisotopic (exact) mass is 377 g/mol. The lowest BCUT2D eigenvalue weighted by Gasteiger charge is -2.25. The van der Waals surface area contributed by atoms with E-state index in [1.165, 1.54) is 41.2 Å². The third-order valence-corrected chi connectivity index (χ3v) is 5.72. The molecule has 0 fully saturated rings.